The maximum absolute atomic E-state index is 13.2. The molecule has 0 spiro atoms. The Morgan fingerprint density at radius 3 is 2.67 bits per heavy atom. The highest BCUT2D eigenvalue weighted by atomic mass is 19.4. The number of benzene rings is 1. The number of nitrogens with zero attached hydrogens (tertiary/aromatic N) is 3. The molecule has 12 heteroatoms. The van der Waals surface area contributed by atoms with E-state index < -0.39 is 41.1 Å². The molecule has 0 saturated carbocycles. The SMILES string of the molecule is CN1C(=O)[C@@H](NC(=O)c2cc(Oc3cccnc3C(F)(F)F)ccn2)COc2ccc(C#CC(C)(C)O)cc21. The number of aliphatic hydroxyl groups is 1. The van der Waals surface area contributed by atoms with Crippen LogP contribution in [-0.4, -0.2) is 52.2 Å². The largest absolute Gasteiger partial charge is 0.489 e. The van der Waals surface area contributed by atoms with E-state index in [2.05, 4.69) is 27.1 Å². The second-order valence-corrected chi connectivity index (χ2v) is 9.05. The standard InChI is InChI=1S/C27H23F3N4O5/c1-26(2,37)10-8-16-6-7-21-20(13-16)34(3)25(36)19(15-38-21)33-24(35)18-14-17(9-12-31-18)39-22-5-4-11-32-23(22)27(28,29)30/h4-7,9,11-14,19,37H,15H2,1-3H3,(H,33,35)/t19-/m0/s1. The van der Waals surface area contributed by atoms with E-state index in [4.69, 9.17) is 9.47 Å². The van der Waals surface area contributed by atoms with Crippen LogP contribution in [0.3, 0.4) is 0 Å². The number of carbonyl (C=O) groups excluding carboxylic acids is 2. The summed E-state index contributed by atoms with van der Waals surface area (Å²) in [6.07, 6.45) is -2.56. The van der Waals surface area contributed by atoms with Crippen molar-refractivity contribution >= 4 is 17.5 Å². The fraction of sp³-hybridized carbons (Fsp3) is 0.259. The zero-order valence-corrected chi connectivity index (χ0v) is 21.0. The van der Waals surface area contributed by atoms with Crippen LogP contribution in [0.2, 0.25) is 0 Å². The van der Waals surface area contributed by atoms with Gasteiger partial charge in [0.25, 0.3) is 11.8 Å². The third kappa shape index (κ3) is 6.63. The number of pyridine rings is 2. The van der Waals surface area contributed by atoms with Crippen LogP contribution in [0.1, 0.15) is 35.6 Å². The molecular formula is C27H23F3N4O5. The van der Waals surface area contributed by atoms with Crippen molar-refractivity contribution < 1.29 is 37.3 Å². The van der Waals surface area contributed by atoms with Crippen molar-refractivity contribution in [2.24, 2.45) is 0 Å². The molecule has 0 bridgehead atoms. The van der Waals surface area contributed by atoms with E-state index in [9.17, 15) is 27.9 Å². The number of carbonyl (C=O) groups is 2. The summed E-state index contributed by atoms with van der Waals surface area (Å²) in [7, 11) is 1.51. The van der Waals surface area contributed by atoms with Gasteiger partial charge >= 0.3 is 6.18 Å². The minimum absolute atomic E-state index is 0.0821. The first-order valence-corrected chi connectivity index (χ1v) is 11.6. The lowest BCUT2D eigenvalue weighted by molar-refractivity contribution is -0.142. The van der Waals surface area contributed by atoms with Crippen LogP contribution < -0.4 is 19.7 Å². The van der Waals surface area contributed by atoms with Gasteiger partial charge in [-0.1, -0.05) is 11.8 Å². The van der Waals surface area contributed by atoms with Gasteiger partial charge in [-0.3, -0.25) is 14.6 Å². The number of hydrogen-bond donors (Lipinski definition) is 2. The first-order valence-electron chi connectivity index (χ1n) is 11.6. The molecule has 9 nitrogen and oxygen atoms in total. The molecule has 0 fully saturated rings. The van der Waals surface area contributed by atoms with E-state index >= 15 is 0 Å². The van der Waals surface area contributed by atoms with Crippen molar-refractivity contribution in [2.45, 2.75) is 31.7 Å². The van der Waals surface area contributed by atoms with Crippen LogP contribution >= 0.6 is 0 Å². The van der Waals surface area contributed by atoms with Crippen LogP contribution in [0, 0.1) is 11.8 Å². The molecule has 4 rings (SSSR count). The molecule has 2 amide bonds. The minimum Gasteiger partial charge on any atom is -0.489 e. The number of anilines is 1. The van der Waals surface area contributed by atoms with E-state index in [-0.39, 0.29) is 18.1 Å². The highest BCUT2D eigenvalue weighted by Gasteiger charge is 2.36. The molecule has 1 atom stereocenters. The molecule has 0 unspecified atom stereocenters. The van der Waals surface area contributed by atoms with Gasteiger partial charge in [-0.05, 0) is 50.2 Å². The highest BCUT2D eigenvalue weighted by Crippen LogP contribution is 2.36. The van der Waals surface area contributed by atoms with Crippen molar-refractivity contribution in [3.63, 3.8) is 0 Å². The summed E-state index contributed by atoms with van der Waals surface area (Å²) in [4.78, 5) is 34.7. The smallest absolute Gasteiger partial charge is 0.437 e. The average Bonchev–Trinajstić information content (AvgIpc) is 2.99. The summed E-state index contributed by atoms with van der Waals surface area (Å²) in [6.45, 7) is 2.91. The molecule has 0 aliphatic carbocycles. The van der Waals surface area contributed by atoms with Gasteiger partial charge in [-0.2, -0.15) is 13.2 Å². The van der Waals surface area contributed by atoms with Crippen molar-refractivity contribution in [3.05, 3.63) is 71.8 Å². The molecular weight excluding hydrogens is 517 g/mol. The molecule has 1 aromatic carbocycles. The van der Waals surface area contributed by atoms with Crippen LogP contribution in [0.25, 0.3) is 0 Å². The minimum atomic E-state index is -4.74. The predicted octanol–water partition coefficient (Wildman–Crippen LogP) is 3.56. The lowest BCUT2D eigenvalue weighted by Gasteiger charge is -2.20. The Labute approximate surface area is 221 Å². The highest BCUT2D eigenvalue weighted by molar-refractivity contribution is 6.03. The van der Waals surface area contributed by atoms with E-state index in [1.54, 1.807) is 32.0 Å². The van der Waals surface area contributed by atoms with E-state index in [1.807, 2.05) is 0 Å². The van der Waals surface area contributed by atoms with Gasteiger partial charge in [0.05, 0.1) is 5.69 Å². The topological polar surface area (TPSA) is 114 Å². The van der Waals surface area contributed by atoms with Crippen molar-refractivity contribution in [1.29, 1.82) is 0 Å². The molecule has 2 aromatic heterocycles. The van der Waals surface area contributed by atoms with Crippen molar-refractivity contribution in [1.82, 2.24) is 15.3 Å². The number of nitrogens with one attached hydrogen (secondary N) is 1. The molecule has 39 heavy (non-hydrogen) atoms. The summed E-state index contributed by atoms with van der Waals surface area (Å²) in [5.74, 6) is 4.06. The fourth-order valence-corrected chi connectivity index (χ4v) is 3.55. The second kappa shape index (κ2) is 10.6. The lowest BCUT2D eigenvalue weighted by Crippen LogP contribution is -2.49. The third-order valence-corrected chi connectivity index (χ3v) is 5.40. The number of rotatable bonds is 4. The predicted molar refractivity (Wildman–Crippen MR) is 133 cm³/mol. The quantitative estimate of drug-likeness (QED) is 0.487. The molecule has 3 aromatic rings. The van der Waals surface area contributed by atoms with Crippen molar-refractivity contribution in [3.8, 4) is 29.1 Å². The Morgan fingerprint density at radius 1 is 1.18 bits per heavy atom. The van der Waals surface area contributed by atoms with E-state index in [0.717, 1.165) is 18.3 Å². The monoisotopic (exact) mass is 540 g/mol. The number of halogens is 3. The number of amides is 2. The summed E-state index contributed by atoms with van der Waals surface area (Å²) >= 11 is 0. The Kier molecular flexibility index (Phi) is 7.47. The Hall–Kier alpha value is -4.63. The number of alkyl halides is 3. The lowest BCUT2D eigenvalue weighted by atomic mass is 10.1. The molecule has 1 aliphatic heterocycles. The number of hydrogen-bond acceptors (Lipinski definition) is 7. The van der Waals surface area contributed by atoms with E-state index in [0.29, 0.717) is 17.0 Å². The van der Waals surface area contributed by atoms with Crippen LogP contribution in [-0.2, 0) is 11.0 Å². The van der Waals surface area contributed by atoms with E-state index in [1.165, 1.54) is 30.3 Å². The fourth-order valence-electron chi connectivity index (χ4n) is 3.55. The second-order valence-electron chi connectivity index (χ2n) is 9.05. The molecule has 1 aliphatic rings. The molecule has 202 valence electrons. The summed E-state index contributed by atoms with van der Waals surface area (Å²) in [5, 5.41) is 12.4. The molecule has 3 heterocycles. The number of ether oxygens (including phenoxy) is 2. The molecule has 2 N–H and O–H groups in total. The van der Waals surface area contributed by atoms with Gasteiger partial charge < -0.3 is 24.8 Å². The van der Waals surface area contributed by atoms with Crippen LogP contribution in [0.4, 0.5) is 18.9 Å². The summed E-state index contributed by atoms with van der Waals surface area (Å²) in [6, 6.07) is 8.67. The number of aromatic nitrogens is 2. The first kappa shape index (κ1) is 27.4. The zero-order valence-electron chi connectivity index (χ0n) is 21.0. The summed E-state index contributed by atoms with van der Waals surface area (Å²) in [5.41, 5.74) is -1.64. The van der Waals surface area contributed by atoms with Gasteiger partial charge in [0.1, 0.15) is 35.4 Å². The Morgan fingerprint density at radius 2 is 1.95 bits per heavy atom. The number of likely N-dealkylation sites (N-methyl/N-ethyl adjacent to an activating group) is 1. The molecule has 0 radical (unpaired) electrons. The first-order chi connectivity index (χ1) is 18.3. The third-order valence-electron chi connectivity index (χ3n) is 5.40. The van der Waals surface area contributed by atoms with Gasteiger partial charge in [0.2, 0.25) is 0 Å². The zero-order chi connectivity index (χ0) is 28.4. The Balaban J connectivity index is 1.50. The van der Waals surface area contributed by atoms with Gasteiger partial charge in [0.15, 0.2) is 11.4 Å². The summed E-state index contributed by atoms with van der Waals surface area (Å²) < 4.78 is 50.8. The normalized spacial score (nSPS) is 15.3. The maximum atomic E-state index is 13.2. The van der Waals surface area contributed by atoms with Gasteiger partial charge in [0, 0.05) is 31.1 Å². The average molecular weight is 540 g/mol. The molecule has 0 saturated heterocycles. The number of fused-ring (bicyclic) bond motifs is 1. The van der Waals surface area contributed by atoms with Crippen LogP contribution in [0.15, 0.2) is 54.9 Å². The van der Waals surface area contributed by atoms with Gasteiger partial charge in [-0.15, -0.1) is 0 Å². The Bertz CT molecular complexity index is 1470. The van der Waals surface area contributed by atoms with Gasteiger partial charge in [-0.25, -0.2) is 4.98 Å². The van der Waals surface area contributed by atoms with Crippen LogP contribution in [0.5, 0.6) is 17.2 Å². The maximum Gasteiger partial charge on any atom is 0.437 e. The van der Waals surface area contributed by atoms with Crippen molar-refractivity contribution in [2.75, 3.05) is 18.6 Å².